The van der Waals surface area contributed by atoms with Crippen molar-refractivity contribution < 1.29 is 19.0 Å². The Balaban J connectivity index is 2.28. The number of hydrogen-bond acceptors (Lipinski definition) is 4. The van der Waals surface area contributed by atoms with Gasteiger partial charge in [-0.1, -0.05) is 48.6 Å². The summed E-state index contributed by atoms with van der Waals surface area (Å²) in [6, 6.07) is 10.1. The molecule has 0 bridgehead atoms. The SMILES string of the molecule is COCOCOCCCC(=O)[Si](C)(C)c1ccccc1. The predicted octanol–water partition coefficient (Wildman–Crippen LogP) is 2.09. The first-order valence-corrected chi connectivity index (χ1v) is 9.82. The molecule has 0 aliphatic heterocycles. The molecule has 0 aliphatic carbocycles. The van der Waals surface area contributed by atoms with Crippen molar-refractivity contribution in [3.8, 4) is 0 Å². The fourth-order valence-electron chi connectivity index (χ4n) is 1.90. The minimum Gasteiger partial charge on any atom is -0.359 e. The third-order valence-corrected chi connectivity index (χ3v) is 6.67. The van der Waals surface area contributed by atoms with E-state index in [1.165, 1.54) is 5.19 Å². The molecule has 4 nitrogen and oxygen atoms in total. The highest BCUT2D eigenvalue weighted by Gasteiger charge is 2.31. The van der Waals surface area contributed by atoms with Crippen LogP contribution in [0.5, 0.6) is 0 Å². The van der Waals surface area contributed by atoms with Gasteiger partial charge in [-0.2, -0.15) is 0 Å². The van der Waals surface area contributed by atoms with E-state index in [2.05, 4.69) is 25.2 Å². The largest absolute Gasteiger partial charge is 0.359 e. The monoisotopic (exact) mass is 296 g/mol. The maximum Gasteiger partial charge on any atom is 0.157 e. The number of rotatable bonds is 10. The smallest absolute Gasteiger partial charge is 0.157 e. The zero-order valence-electron chi connectivity index (χ0n) is 12.6. The molecule has 0 radical (unpaired) electrons. The van der Waals surface area contributed by atoms with Gasteiger partial charge in [-0.15, -0.1) is 0 Å². The number of carbonyl (C=O) groups is 1. The topological polar surface area (TPSA) is 44.8 Å². The summed E-state index contributed by atoms with van der Waals surface area (Å²) in [6.45, 7) is 5.18. The summed E-state index contributed by atoms with van der Waals surface area (Å²) in [7, 11) is -0.445. The number of hydrogen-bond donors (Lipinski definition) is 0. The highest BCUT2D eigenvalue weighted by molar-refractivity contribution is 7.13. The van der Waals surface area contributed by atoms with Gasteiger partial charge in [0.15, 0.2) is 8.07 Å². The van der Waals surface area contributed by atoms with Crippen LogP contribution in [0.4, 0.5) is 0 Å². The van der Waals surface area contributed by atoms with Gasteiger partial charge >= 0.3 is 0 Å². The van der Waals surface area contributed by atoms with Crippen LogP contribution in [0.15, 0.2) is 30.3 Å². The van der Waals surface area contributed by atoms with E-state index in [0.717, 1.165) is 6.42 Å². The van der Waals surface area contributed by atoms with Crippen molar-refractivity contribution in [1.82, 2.24) is 0 Å². The van der Waals surface area contributed by atoms with Crippen LogP contribution >= 0.6 is 0 Å². The highest BCUT2D eigenvalue weighted by Crippen LogP contribution is 2.09. The molecule has 0 saturated carbocycles. The molecular weight excluding hydrogens is 272 g/mol. The summed E-state index contributed by atoms with van der Waals surface area (Å²) < 4.78 is 15.0. The lowest BCUT2D eigenvalue weighted by Crippen LogP contribution is -2.49. The third-order valence-electron chi connectivity index (χ3n) is 3.25. The predicted molar refractivity (Wildman–Crippen MR) is 81.6 cm³/mol. The molecule has 0 saturated heterocycles. The summed E-state index contributed by atoms with van der Waals surface area (Å²) in [5, 5.41) is 1.56. The Morgan fingerprint density at radius 3 is 2.45 bits per heavy atom. The molecule has 0 unspecified atom stereocenters. The number of carbonyl (C=O) groups excluding carboxylic acids is 1. The molecule has 0 N–H and O–H groups in total. The average Bonchev–Trinajstić information content (AvgIpc) is 2.47. The molecule has 0 aliphatic rings. The van der Waals surface area contributed by atoms with E-state index in [-0.39, 0.29) is 13.6 Å². The summed E-state index contributed by atoms with van der Waals surface area (Å²) in [6.07, 6.45) is 1.30. The Morgan fingerprint density at radius 2 is 1.80 bits per heavy atom. The Hall–Kier alpha value is -1.01. The Labute approximate surface area is 122 Å². The van der Waals surface area contributed by atoms with Crippen molar-refractivity contribution in [2.75, 3.05) is 27.3 Å². The summed E-state index contributed by atoms with van der Waals surface area (Å²) in [5.74, 6) is 0. The van der Waals surface area contributed by atoms with Gasteiger partial charge in [0.05, 0.1) is 0 Å². The molecule has 1 aromatic rings. The first-order chi connectivity index (χ1) is 9.59. The third kappa shape index (κ3) is 5.54. The summed E-state index contributed by atoms with van der Waals surface area (Å²) >= 11 is 0. The van der Waals surface area contributed by atoms with Crippen LogP contribution in [0.25, 0.3) is 0 Å². The van der Waals surface area contributed by atoms with Gasteiger partial charge in [-0.3, -0.25) is 0 Å². The first kappa shape index (κ1) is 17.0. The lowest BCUT2D eigenvalue weighted by molar-refractivity contribution is -0.123. The average molecular weight is 296 g/mol. The molecule has 0 spiro atoms. The molecule has 0 fully saturated rings. The van der Waals surface area contributed by atoms with Gasteiger partial charge in [-0.25, -0.2) is 0 Å². The molecule has 1 rings (SSSR count). The van der Waals surface area contributed by atoms with Gasteiger partial charge in [0, 0.05) is 20.1 Å². The molecule has 0 amide bonds. The number of methoxy groups -OCH3 is 1. The summed E-state index contributed by atoms with van der Waals surface area (Å²) in [4.78, 5) is 12.4. The maximum atomic E-state index is 12.4. The van der Waals surface area contributed by atoms with E-state index < -0.39 is 8.07 Å². The molecule has 20 heavy (non-hydrogen) atoms. The van der Waals surface area contributed by atoms with Gasteiger partial charge in [0.25, 0.3) is 0 Å². The standard InChI is InChI=1S/C15H24O4Si/c1-17-12-19-13-18-11-7-10-15(16)20(2,3)14-8-5-4-6-9-14/h4-6,8-9H,7,10-13H2,1-3H3. The number of benzene rings is 1. The second-order valence-corrected chi connectivity index (χ2v) is 9.54. The van der Waals surface area contributed by atoms with Crippen LogP contribution in [0.1, 0.15) is 12.8 Å². The fraction of sp³-hybridized carbons (Fsp3) is 0.533. The quantitative estimate of drug-likeness (QED) is 0.377. The van der Waals surface area contributed by atoms with E-state index in [0.29, 0.717) is 18.4 Å². The van der Waals surface area contributed by atoms with Crippen molar-refractivity contribution in [1.29, 1.82) is 0 Å². The second-order valence-electron chi connectivity index (χ2n) is 5.15. The minimum absolute atomic E-state index is 0.210. The molecule has 0 heterocycles. The molecular formula is C15H24O4Si. The van der Waals surface area contributed by atoms with Crippen molar-refractivity contribution in [3.05, 3.63) is 30.3 Å². The van der Waals surface area contributed by atoms with Crippen LogP contribution in [-0.4, -0.2) is 40.8 Å². The van der Waals surface area contributed by atoms with Gasteiger partial charge in [0.1, 0.15) is 19.0 Å². The lowest BCUT2D eigenvalue weighted by atomic mass is 10.3. The Kier molecular flexibility index (Phi) is 7.69. The first-order valence-electron chi connectivity index (χ1n) is 6.82. The van der Waals surface area contributed by atoms with Crippen molar-refractivity contribution >= 4 is 18.7 Å². The molecule has 0 atom stereocenters. The zero-order valence-corrected chi connectivity index (χ0v) is 13.6. The van der Waals surface area contributed by atoms with Crippen LogP contribution < -0.4 is 5.19 Å². The molecule has 112 valence electrons. The van der Waals surface area contributed by atoms with Gasteiger partial charge in [0.2, 0.25) is 0 Å². The van der Waals surface area contributed by atoms with Crippen LogP contribution in [0.2, 0.25) is 13.1 Å². The van der Waals surface area contributed by atoms with Crippen molar-refractivity contribution in [3.63, 3.8) is 0 Å². The maximum absolute atomic E-state index is 12.4. The van der Waals surface area contributed by atoms with E-state index in [1.54, 1.807) is 7.11 Å². The van der Waals surface area contributed by atoms with Crippen molar-refractivity contribution in [2.45, 2.75) is 25.9 Å². The van der Waals surface area contributed by atoms with Crippen LogP contribution in [0.3, 0.4) is 0 Å². The fourth-order valence-corrected chi connectivity index (χ4v) is 4.05. The van der Waals surface area contributed by atoms with Crippen molar-refractivity contribution in [2.24, 2.45) is 0 Å². The molecule has 5 heteroatoms. The lowest BCUT2D eigenvalue weighted by Gasteiger charge is -2.21. The molecule has 1 aromatic carbocycles. The van der Waals surface area contributed by atoms with Gasteiger partial charge < -0.3 is 19.0 Å². The van der Waals surface area contributed by atoms with E-state index >= 15 is 0 Å². The van der Waals surface area contributed by atoms with Crippen LogP contribution in [0, 0.1) is 0 Å². The zero-order chi connectivity index (χ0) is 14.8. The Bertz CT molecular complexity index is 392. The number of ether oxygens (including phenoxy) is 3. The minimum atomic E-state index is -2.01. The highest BCUT2D eigenvalue weighted by atomic mass is 28.3. The second kappa shape index (κ2) is 9.02. The van der Waals surface area contributed by atoms with E-state index in [4.69, 9.17) is 14.2 Å². The normalized spacial score (nSPS) is 11.6. The summed E-state index contributed by atoms with van der Waals surface area (Å²) in [5.41, 5.74) is 0. The van der Waals surface area contributed by atoms with Gasteiger partial charge in [-0.05, 0) is 6.42 Å². The molecule has 0 aromatic heterocycles. The Morgan fingerprint density at radius 1 is 1.10 bits per heavy atom. The van der Waals surface area contributed by atoms with Crippen LogP contribution in [-0.2, 0) is 19.0 Å². The van der Waals surface area contributed by atoms with E-state index in [9.17, 15) is 4.79 Å². The van der Waals surface area contributed by atoms with E-state index in [1.807, 2.05) is 18.2 Å².